The van der Waals surface area contributed by atoms with Crippen LogP contribution in [0.5, 0.6) is 11.5 Å². The summed E-state index contributed by atoms with van der Waals surface area (Å²) in [5.74, 6) is 1.83. The molecule has 1 unspecified atom stereocenters. The van der Waals surface area contributed by atoms with Gasteiger partial charge in [0, 0.05) is 6.04 Å². The third kappa shape index (κ3) is 2.35. The average molecular weight is 256 g/mol. The fraction of sp³-hybridized carbons (Fsp3) is 0.538. The van der Waals surface area contributed by atoms with E-state index in [1.54, 1.807) is 0 Å². The number of fused-ring (bicyclic) bond motifs is 2. The normalized spacial score (nSPS) is 20.6. The largest absolute Gasteiger partial charge is 0.454 e. The highest BCUT2D eigenvalue weighted by Crippen LogP contribution is 2.37. The lowest BCUT2D eigenvalue weighted by atomic mass is 9.88. The Morgan fingerprint density at radius 3 is 2.65 bits per heavy atom. The van der Waals surface area contributed by atoms with Crippen LogP contribution in [-0.2, 0) is 12.8 Å². The fourth-order valence-electron chi connectivity index (χ4n) is 2.61. The van der Waals surface area contributed by atoms with Gasteiger partial charge in [-0.05, 0) is 49.1 Å². The van der Waals surface area contributed by atoms with Crippen molar-refractivity contribution in [3.05, 3.63) is 23.3 Å². The summed E-state index contributed by atoms with van der Waals surface area (Å²) in [5, 5.41) is 3.52. The average Bonchev–Trinajstić information content (AvgIpc) is 2.73. The van der Waals surface area contributed by atoms with E-state index in [0.717, 1.165) is 30.9 Å². The Labute approximate surface area is 108 Å². The highest BCUT2D eigenvalue weighted by atomic mass is 35.5. The van der Waals surface area contributed by atoms with Crippen LogP contribution in [0.2, 0.25) is 0 Å². The molecule has 0 aromatic heterocycles. The Balaban J connectivity index is 0.00000108. The number of hydrogen-bond acceptors (Lipinski definition) is 3. The molecule has 2 aliphatic rings. The minimum atomic E-state index is 0. The quantitative estimate of drug-likeness (QED) is 0.880. The molecule has 94 valence electrons. The number of likely N-dealkylation sites (N-methyl/N-ethyl adjacent to an activating group) is 1. The van der Waals surface area contributed by atoms with Gasteiger partial charge in [0.1, 0.15) is 0 Å². The molecule has 1 aliphatic heterocycles. The summed E-state index contributed by atoms with van der Waals surface area (Å²) >= 11 is 0. The van der Waals surface area contributed by atoms with Gasteiger partial charge in [-0.25, -0.2) is 0 Å². The zero-order valence-electron chi connectivity index (χ0n) is 9.99. The van der Waals surface area contributed by atoms with Crippen LogP contribution < -0.4 is 14.8 Å². The summed E-state index contributed by atoms with van der Waals surface area (Å²) in [6.07, 6.45) is 3.48. The number of halogens is 1. The van der Waals surface area contributed by atoms with Gasteiger partial charge in [-0.15, -0.1) is 12.4 Å². The van der Waals surface area contributed by atoms with E-state index in [-0.39, 0.29) is 12.4 Å². The van der Waals surface area contributed by atoms with Crippen molar-refractivity contribution in [1.82, 2.24) is 5.32 Å². The standard InChI is InChI=1S/C13H17NO2.ClH/c1-2-14-11-4-3-9-6-12-13(16-8-15-12)7-10(9)5-11;/h6-7,11,14H,2-5,8H2,1H3;1H. The molecule has 0 amide bonds. The van der Waals surface area contributed by atoms with Crippen molar-refractivity contribution in [1.29, 1.82) is 0 Å². The van der Waals surface area contributed by atoms with Crippen LogP contribution >= 0.6 is 12.4 Å². The first-order valence-corrected chi connectivity index (χ1v) is 6.01. The highest BCUT2D eigenvalue weighted by Gasteiger charge is 2.22. The van der Waals surface area contributed by atoms with E-state index in [1.165, 1.54) is 17.5 Å². The molecule has 4 heteroatoms. The Bertz CT molecular complexity index is 409. The number of aryl methyl sites for hydroxylation is 1. The lowest BCUT2D eigenvalue weighted by Gasteiger charge is -2.25. The fourth-order valence-corrected chi connectivity index (χ4v) is 2.61. The maximum atomic E-state index is 5.42. The second-order valence-corrected chi connectivity index (χ2v) is 4.47. The summed E-state index contributed by atoms with van der Waals surface area (Å²) in [6, 6.07) is 4.93. The smallest absolute Gasteiger partial charge is 0.231 e. The Kier molecular flexibility index (Phi) is 3.79. The first-order valence-electron chi connectivity index (χ1n) is 6.01. The molecule has 1 N–H and O–H groups in total. The molecule has 17 heavy (non-hydrogen) atoms. The molecule has 1 aliphatic carbocycles. The van der Waals surface area contributed by atoms with Crippen LogP contribution in [0, 0.1) is 0 Å². The van der Waals surface area contributed by atoms with Crippen molar-refractivity contribution in [2.75, 3.05) is 13.3 Å². The zero-order valence-corrected chi connectivity index (χ0v) is 10.8. The summed E-state index contributed by atoms with van der Waals surface area (Å²) in [4.78, 5) is 0. The molecular formula is C13H18ClNO2. The molecular weight excluding hydrogens is 238 g/mol. The molecule has 3 rings (SSSR count). The van der Waals surface area contributed by atoms with Crippen LogP contribution in [0.4, 0.5) is 0 Å². The summed E-state index contributed by atoms with van der Waals surface area (Å²) < 4.78 is 10.8. The van der Waals surface area contributed by atoms with Crippen molar-refractivity contribution >= 4 is 12.4 Å². The number of nitrogens with one attached hydrogen (secondary N) is 1. The molecule has 0 saturated carbocycles. The van der Waals surface area contributed by atoms with Crippen LogP contribution in [0.1, 0.15) is 24.5 Å². The number of rotatable bonds is 2. The SMILES string of the molecule is CCNC1CCc2cc3c(cc2C1)OCO3.Cl. The molecule has 0 bridgehead atoms. The third-order valence-electron chi connectivity index (χ3n) is 3.42. The molecule has 1 atom stereocenters. The van der Waals surface area contributed by atoms with E-state index in [4.69, 9.17) is 9.47 Å². The van der Waals surface area contributed by atoms with Gasteiger partial charge in [0.05, 0.1) is 0 Å². The van der Waals surface area contributed by atoms with Crippen LogP contribution in [0.15, 0.2) is 12.1 Å². The topological polar surface area (TPSA) is 30.5 Å². The van der Waals surface area contributed by atoms with E-state index in [2.05, 4.69) is 24.4 Å². The molecule has 3 nitrogen and oxygen atoms in total. The first-order chi connectivity index (χ1) is 7.86. The molecule has 1 aromatic carbocycles. The molecule has 0 saturated heterocycles. The van der Waals surface area contributed by atoms with Gasteiger partial charge in [0.2, 0.25) is 6.79 Å². The Morgan fingerprint density at radius 2 is 1.94 bits per heavy atom. The number of benzene rings is 1. The third-order valence-corrected chi connectivity index (χ3v) is 3.42. The molecule has 0 spiro atoms. The molecule has 1 heterocycles. The predicted molar refractivity (Wildman–Crippen MR) is 69.3 cm³/mol. The van der Waals surface area contributed by atoms with Crippen LogP contribution in [0.25, 0.3) is 0 Å². The molecule has 0 fully saturated rings. The zero-order chi connectivity index (χ0) is 11.0. The van der Waals surface area contributed by atoms with E-state index in [9.17, 15) is 0 Å². The Morgan fingerprint density at radius 1 is 1.24 bits per heavy atom. The minimum Gasteiger partial charge on any atom is -0.454 e. The molecule has 1 aromatic rings. The maximum absolute atomic E-state index is 5.42. The van der Waals surface area contributed by atoms with E-state index >= 15 is 0 Å². The highest BCUT2D eigenvalue weighted by molar-refractivity contribution is 5.85. The van der Waals surface area contributed by atoms with E-state index in [1.807, 2.05) is 0 Å². The maximum Gasteiger partial charge on any atom is 0.231 e. The van der Waals surface area contributed by atoms with Crippen molar-refractivity contribution in [2.45, 2.75) is 32.2 Å². The summed E-state index contributed by atoms with van der Waals surface area (Å²) in [5.41, 5.74) is 2.85. The van der Waals surface area contributed by atoms with E-state index < -0.39 is 0 Å². The van der Waals surface area contributed by atoms with Crippen molar-refractivity contribution < 1.29 is 9.47 Å². The molecule has 0 radical (unpaired) electrons. The van der Waals surface area contributed by atoms with Gasteiger partial charge >= 0.3 is 0 Å². The van der Waals surface area contributed by atoms with Crippen molar-refractivity contribution in [2.24, 2.45) is 0 Å². The van der Waals surface area contributed by atoms with Crippen LogP contribution in [-0.4, -0.2) is 19.4 Å². The lowest BCUT2D eigenvalue weighted by molar-refractivity contribution is 0.174. The predicted octanol–water partition coefficient (Wildman–Crippen LogP) is 2.30. The minimum absolute atomic E-state index is 0. The number of hydrogen-bond donors (Lipinski definition) is 1. The second kappa shape index (κ2) is 5.15. The van der Waals surface area contributed by atoms with Gasteiger partial charge < -0.3 is 14.8 Å². The first kappa shape index (κ1) is 12.5. The van der Waals surface area contributed by atoms with Gasteiger partial charge in [0.15, 0.2) is 11.5 Å². The summed E-state index contributed by atoms with van der Waals surface area (Å²) in [6.45, 7) is 3.58. The van der Waals surface area contributed by atoms with Gasteiger partial charge in [-0.3, -0.25) is 0 Å². The van der Waals surface area contributed by atoms with Crippen molar-refractivity contribution in [3.8, 4) is 11.5 Å². The van der Waals surface area contributed by atoms with Gasteiger partial charge in [-0.1, -0.05) is 6.92 Å². The summed E-state index contributed by atoms with van der Waals surface area (Å²) in [7, 11) is 0. The lowest BCUT2D eigenvalue weighted by Crippen LogP contribution is -2.34. The van der Waals surface area contributed by atoms with Crippen molar-refractivity contribution in [3.63, 3.8) is 0 Å². The van der Waals surface area contributed by atoms with Gasteiger partial charge in [0.25, 0.3) is 0 Å². The Hall–Kier alpha value is -0.930. The van der Waals surface area contributed by atoms with Gasteiger partial charge in [-0.2, -0.15) is 0 Å². The van der Waals surface area contributed by atoms with E-state index in [0.29, 0.717) is 12.8 Å². The second-order valence-electron chi connectivity index (χ2n) is 4.47. The van der Waals surface area contributed by atoms with Crippen LogP contribution in [0.3, 0.4) is 0 Å². The number of ether oxygens (including phenoxy) is 2. The monoisotopic (exact) mass is 255 g/mol.